The molecule has 0 fully saturated rings. The number of hydrogen-bond donors (Lipinski definition) is 1. The molecule has 0 aliphatic heterocycles. The van der Waals surface area contributed by atoms with Crippen molar-refractivity contribution >= 4 is 46.0 Å². The summed E-state index contributed by atoms with van der Waals surface area (Å²) in [5.41, 5.74) is -0.439. The van der Waals surface area contributed by atoms with E-state index < -0.39 is 17.5 Å². The summed E-state index contributed by atoms with van der Waals surface area (Å²) in [6, 6.07) is 10.3. The highest BCUT2D eigenvalue weighted by Crippen LogP contribution is 2.25. The fourth-order valence-electron chi connectivity index (χ4n) is 2.44. The van der Waals surface area contributed by atoms with Crippen molar-refractivity contribution < 1.29 is 18.7 Å². The predicted molar refractivity (Wildman–Crippen MR) is 107 cm³/mol. The molecule has 1 amide bonds. The smallest absolute Gasteiger partial charge is 0.349 e. The van der Waals surface area contributed by atoms with Crippen molar-refractivity contribution in [3.63, 3.8) is 0 Å². The molecule has 0 spiro atoms. The Bertz CT molecular complexity index is 1120. The average molecular weight is 420 g/mol. The first kappa shape index (κ1) is 19.9. The van der Waals surface area contributed by atoms with Crippen LogP contribution in [0.25, 0.3) is 11.0 Å². The lowest BCUT2D eigenvalue weighted by Crippen LogP contribution is -2.28. The average Bonchev–Trinajstić information content (AvgIpc) is 2.67. The second-order valence-electron chi connectivity index (χ2n) is 5.92. The van der Waals surface area contributed by atoms with Crippen LogP contribution in [0.4, 0.5) is 0 Å². The summed E-state index contributed by atoms with van der Waals surface area (Å²) in [5, 5.41) is 3.71. The Labute approximate surface area is 170 Å². The number of carbonyl (C=O) groups is 2. The highest BCUT2D eigenvalue weighted by atomic mass is 35.5. The van der Waals surface area contributed by atoms with Gasteiger partial charge in [-0.15, -0.1) is 0 Å². The Kier molecular flexibility index (Phi) is 6.02. The summed E-state index contributed by atoms with van der Waals surface area (Å²) in [4.78, 5) is 36.4. The van der Waals surface area contributed by atoms with Gasteiger partial charge in [0, 0.05) is 18.0 Å². The van der Waals surface area contributed by atoms with E-state index in [0.29, 0.717) is 17.0 Å². The summed E-state index contributed by atoms with van der Waals surface area (Å²) >= 11 is 11.7. The van der Waals surface area contributed by atoms with E-state index in [2.05, 4.69) is 5.32 Å². The normalized spacial score (nSPS) is 10.7. The van der Waals surface area contributed by atoms with E-state index in [-0.39, 0.29) is 27.5 Å². The van der Waals surface area contributed by atoms with Crippen molar-refractivity contribution in [2.45, 2.75) is 13.3 Å². The lowest BCUT2D eigenvalue weighted by molar-refractivity contribution is 0.0734. The molecule has 1 aromatic heterocycles. The number of nitrogens with one attached hydrogen (secondary N) is 1. The van der Waals surface area contributed by atoms with Gasteiger partial charge in [-0.2, -0.15) is 0 Å². The molecule has 2 aromatic carbocycles. The summed E-state index contributed by atoms with van der Waals surface area (Å²) < 4.78 is 10.5. The largest absolute Gasteiger partial charge is 0.423 e. The van der Waals surface area contributed by atoms with Gasteiger partial charge in [0.15, 0.2) is 0 Å². The molecule has 0 unspecified atom stereocenters. The molecule has 3 aromatic rings. The van der Waals surface area contributed by atoms with Crippen LogP contribution in [-0.2, 0) is 0 Å². The van der Waals surface area contributed by atoms with Crippen LogP contribution in [0.3, 0.4) is 0 Å². The van der Waals surface area contributed by atoms with Crippen molar-refractivity contribution in [1.82, 2.24) is 5.32 Å². The number of esters is 1. The summed E-state index contributed by atoms with van der Waals surface area (Å²) in [6.45, 7) is 2.36. The van der Waals surface area contributed by atoms with E-state index >= 15 is 0 Å². The quantitative estimate of drug-likeness (QED) is 0.374. The van der Waals surface area contributed by atoms with Crippen LogP contribution < -0.4 is 15.7 Å². The zero-order chi connectivity index (χ0) is 20.3. The maximum Gasteiger partial charge on any atom is 0.349 e. The number of benzene rings is 2. The van der Waals surface area contributed by atoms with Crippen LogP contribution in [0.5, 0.6) is 5.75 Å². The van der Waals surface area contributed by atoms with Crippen LogP contribution in [-0.4, -0.2) is 18.4 Å². The third-order valence-corrected chi connectivity index (χ3v) is 4.59. The molecule has 0 saturated heterocycles. The maximum atomic E-state index is 12.3. The van der Waals surface area contributed by atoms with Gasteiger partial charge in [0.05, 0.1) is 15.6 Å². The molecule has 0 aliphatic carbocycles. The van der Waals surface area contributed by atoms with E-state index in [1.165, 1.54) is 36.4 Å². The second kappa shape index (κ2) is 8.46. The third-order valence-electron chi connectivity index (χ3n) is 3.85. The highest BCUT2D eigenvalue weighted by Gasteiger charge is 2.15. The van der Waals surface area contributed by atoms with E-state index in [1.807, 2.05) is 6.92 Å². The Hall–Kier alpha value is -2.83. The summed E-state index contributed by atoms with van der Waals surface area (Å²) in [6.07, 6.45) is 0.748. The van der Waals surface area contributed by atoms with Gasteiger partial charge in [-0.1, -0.05) is 30.1 Å². The molecular formula is C20H15Cl2NO5. The molecule has 3 rings (SSSR count). The van der Waals surface area contributed by atoms with Gasteiger partial charge in [-0.3, -0.25) is 4.79 Å². The first-order valence-corrected chi connectivity index (χ1v) is 9.18. The standard InChI is InChI=1S/C20H15Cl2NO5/c1-2-7-23-18(24)14-8-11-3-5-13(10-17(11)28-20(14)26)27-19(25)12-4-6-15(21)16(22)9-12/h3-6,8-10H,2,7H2,1H3,(H,23,24). The summed E-state index contributed by atoms with van der Waals surface area (Å²) in [5.74, 6) is -0.960. The monoisotopic (exact) mass is 419 g/mol. The Morgan fingerprint density at radius 3 is 2.57 bits per heavy atom. The van der Waals surface area contributed by atoms with E-state index in [1.54, 1.807) is 6.07 Å². The predicted octanol–water partition coefficient (Wildman–Crippen LogP) is 4.46. The Morgan fingerprint density at radius 1 is 1.07 bits per heavy atom. The molecule has 0 saturated carbocycles. The topological polar surface area (TPSA) is 85.6 Å². The SMILES string of the molecule is CCCNC(=O)c1cc2ccc(OC(=O)c3ccc(Cl)c(Cl)c3)cc2oc1=O. The number of halogens is 2. The highest BCUT2D eigenvalue weighted by molar-refractivity contribution is 6.42. The van der Waals surface area contributed by atoms with Crippen LogP contribution >= 0.6 is 23.2 Å². The van der Waals surface area contributed by atoms with Gasteiger partial charge < -0.3 is 14.5 Å². The first-order valence-electron chi connectivity index (χ1n) is 8.42. The molecule has 0 aliphatic rings. The second-order valence-corrected chi connectivity index (χ2v) is 6.74. The fourth-order valence-corrected chi connectivity index (χ4v) is 2.73. The van der Waals surface area contributed by atoms with Gasteiger partial charge in [-0.05, 0) is 42.8 Å². The third kappa shape index (κ3) is 4.35. The molecular weight excluding hydrogens is 405 g/mol. The van der Waals surface area contributed by atoms with E-state index in [9.17, 15) is 14.4 Å². The minimum atomic E-state index is -0.769. The molecule has 0 radical (unpaired) electrons. The summed E-state index contributed by atoms with van der Waals surface area (Å²) in [7, 11) is 0. The van der Waals surface area contributed by atoms with Gasteiger partial charge in [0.2, 0.25) is 0 Å². The number of rotatable bonds is 5. The number of ether oxygens (including phenoxy) is 1. The minimum Gasteiger partial charge on any atom is -0.423 e. The van der Waals surface area contributed by atoms with Gasteiger partial charge in [0.1, 0.15) is 16.9 Å². The lowest BCUT2D eigenvalue weighted by atomic mass is 10.1. The molecule has 1 N–H and O–H groups in total. The van der Waals surface area contributed by atoms with Crippen LogP contribution in [0.2, 0.25) is 10.0 Å². The van der Waals surface area contributed by atoms with Crippen molar-refractivity contribution in [3.8, 4) is 5.75 Å². The van der Waals surface area contributed by atoms with E-state index in [4.69, 9.17) is 32.4 Å². The molecule has 28 heavy (non-hydrogen) atoms. The van der Waals surface area contributed by atoms with Gasteiger partial charge in [-0.25, -0.2) is 9.59 Å². The van der Waals surface area contributed by atoms with Gasteiger partial charge >= 0.3 is 11.6 Å². The molecule has 8 heteroatoms. The fraction of sp³-hybridized carbons (Fsp3) is 0.150. The molecule has 1 heterocycles. The van der Waals surface area contributed by atoms with Gasteiger partial charge in [0.25, 0.3) is 5.91 Å². The Morgan fingerprint density at radius 2 is 1.86 bits per heavy atom. The number of carbonyl (C=O) groups excluding carboxylic acids is 2. The van der Waals surface area contributed by atoms with Crippen LogP contribution in [0.1, 0.15) is 34.1 Å². The van der Waals surface area contributed by atoms with Crippen molar-refractivity contribution in [3.05, 3.63) is 74.1 Å². The molecule has 144 valence electrons. The molecule has 6 nitrogen and oxygen atoms in total. The number of amides is 1. The first-order chi connectivity index (χ1) is 13.4. The van der Waals surface area contributed by atoms with Crippen molar-refractivity contribution in [2.24, 2.45) is 0 Å². The number of fused-ring (bicyclic) bond motifs is 1. The zero-order valence-electron chi connectivity index (χ0n) is 14.8. The van der Waals surface area contributed by atoms with Crippen LogP contribution in [0, 0.1) is 0 Å². The van der Waals surface area contributed by atoms with Crippen LogP contribution in [0.15, 0.2) is 51.7 Å². The lowest BCUT2D eigenvalue weighted by Gasteiger charge is -2.07. The van der Waals surface area contributed by atoms with Crippen molar-refractivity contribution in [1.29, 1.82) is 0 Å². The minimum absolute atomic E-state index is 0.0819. The number of hydrogen-bond acceptors (Lipinski definition) is 5. The molecule has 0 bridgehead atoms. The Balaban J connectivity index is 1.86. The van der Waals surface area contributed by atoms with Crippen molar-refractivity contribution in [2.75, 3.05) is 6.54 Å². The van der Waals surface area contributed by atoms with E-state index in [0.717, 1.165) is 6.42 Å². The maximum absolute atomic E-state index is 12.3. The molecule has 0 atom stereocenters. The zero-order valence-corrected chi connectivity index (χ0v) is 16.3.